The maximum Gasteiger partial charge on any atom is 0.374 e. The van der Waals surface area contributed by atoms with Crippen LogP contribution in [0.2, 0.25) is 5.02 Å². The first-order chi connectivity index (χ1) is 12.9. The van der Waals surface area contributed by atoms with Crippen LogP contribution in [0.25, 0.3) is 0 Å². The molecule has 0 aliphatic carbocycles. The van der Waals surface area contributed by atoms with Crippen LogP contribution in [0, 0.1) is 13.8 Å². The third-order valence-corrected chi connectivity index (χ3v) is 5.06. The van der Waals surface area contributed by atoms with Crippen molar-refractivity contribution in [2.75, 3.05) is 6.61 Å². The predicted octanol–water partition coefficient (Wildman–Crippen LogP) is 5.20. The second kappa shape index (κ2) is 8.15. The average molecular weight is 451 g/mol. The largest absolute Gasteiger partial charge is 0.451 e. The molecule has 2 heterocycles. The molecule has 7 heteroatoms. The van der Waals surface area contributed by atoms with Crippen molar-refractivity contribution in [3.8, 4) is 0 Å². The van der Waals surface area contributed by atoms with Crippen LogP contribution in [0.3, 0.4) is 0 Å². The van der Waals surface area contributed by atoms with E-state index in [4.69, 9.17) is 20.8 Å². The first kappa shape index (κ1) is 19.5. The zero-order valence-corrected chi connectivity index (χ0v) is 17.1. The summed E-state index contributed by atoms with van der Waals surface area (Å²) in [6.07, 6.45) is 0. The average Bonchev–Trinajstić information content (AvgIpc) is 3.19. The number of hydrogen-bond donors (Lipinski definition) is 0. The topological polar surface area (TPSA) is 61.4 Å². The Morgan fingerprint density at radius 2 is 1.93 bits per heavy atom. The fourth-order valence-corrected chi connectivity index (χ4v) is 3.33. The Morgan fingerprint density at radius 3 is 2.59 bits per heavy atom. The fourth-order valence-electron chi connectivity index (χ4n) is 2.83. The molecule has 0 aliphatic heterocycles. The molecule has 27 heavy (non-hydrogen) atoms. The van der Waals surface area contributed by atoms with Crippen molar-refractivity contribution in [2.45, 2.75) is 20.4 Å². The number of aromatic nitrogens is 1. The molecule has 2 aromatic heterocycles. The van der Waals surface area contributed by atoms with Crippen molar-refractivity contribution in [3.05, 3.63) is 80.4 Å². The number of furan rings is 1. The monoisotopic (exact) mass is 449 g/mol. The summed E-state index contributed by atoms with van der Waals surface area (Å²) in [5.74, 6) is -0.912. The van der Waals surface area contributed by atoms with Crippen molar-refractivity contribution >= 4 is 39.3 Å². The standard InChI is InChI=1S/C20H17BrClNO4/c1-12-9-15(13(2)23(12)10-14-5-3-4-6-16(14)22)17(24)11-26-20(25)18-7-8-19(21)27-18/h3-9H,10-11H2,1-2H3. The molecule has 0 saturated heterocycles. The van der Waals surface area contributed by atoms with Gasteiger partial charge in [-0.25, -0.2) is 4.79 Å². The van der Waals surface area contributed by atoms with Gasteiger partial charge in [-0.05, 0) is 59.6 Å². The lowest BCUT2D eigenvalue weighted by atomic mass is 10.1. The normalized spacial score (nSPS) is 10.8. The number of halogens is 2. The van der Waals surface area contributed by atoms with E-state index in [2.05, 4.69) is 15.9 Å². The summed E-state index contributed by atoms with van der Waals surface area (Å²) in [5.41, 5.74) is 3.22. The summed E-state index contributed by atoms with van der Waals surface area (Å²) in [6.45, 7) is 3.99. The Morgan fingerprint density at radius 1 is 1.19 bits per heavy atom. The highest BCUT2D eigenvalue weighted by Crippen LogP contribution is 2.22. The number of aryl methyl sites for hydroxylation is 1. The Balaban J connectivity index is 1.72. The van der Waals surface area contributed by atoms with Gasteiger partial charge in [-0.1, -0.05) is 29.8 Å². The zero-order chi connectivity index (χ0) is 19.6. The molecular weight excluding hydrogens is 434 g/mol. The summed E-state index contributed by atoms with van der Waals surface area (Å²) >= 11 is 9.36. The number of rotatable bonds is 6. The summed E-state index contributed by atoms with van der Waals surface area (Å²) in [7, 11) is 0. The van der Waals surface area contributed by atoms with Crippen LogP contribution in [0.15, 0.2) is 51.6 Å². The van der Waals surface area contributed by atoms with Crippen molar-refractivity contribution in [1.29, 1.82) is 0 Å². The SMILES string of the molecule is Cc1cc(C(=O)COC(=O)c2ccc(Br)o2)c(C)n1Cc1ccccc1Cl. The molecule has 0 amide bonds. The number of ketones is 1. The van der Waals surface area contributed by atoms with Crippen LogP contribution in [0.4, 0.5) is 0 Å². The smallest absolute Gasteiger partial charge is 0.374 e. The van der Waals surface area contributed by atoms with Gasteiger partial charge in [-0.15, -0.1) is 0 Å². The molecule has 0 atom stereocenters. The highest BCUT2D eigenvalue weighted by Gasteiger charge is 2.19. The third kappa shape index (κ3) is 4.34. The molecule has 0 spiro atoms. The Kier molecular flexibility index (Phi) is 5.87. The van der Waals surface area contributed by atoms with E-state index < -0.39 is 5.97 Å². The second-order valence-corrected chi connectivity index (χ2v) is 7.25. The predicted molar refractivity (Wildman–Crippen MR) is 105 cm³/mol. The van der Waals surface area contributed by atoms with E-state index in [-0.39, 0.29) is 18.2 Å². The molecule has 1 aromatic carbocycles. The third-order valence-electron chi connectivity index (χ3n) is 4.27. The van der Waals surface area contributed by atoms with Crippen molar-refractivity contribution in [3.63, 3.8) is 0 Å². The number of nitrogens with zero attached hydrogens (tertiary/aromatic N) is 1. The highest BCUT2D eigenvalue weighted by molar-refractivity contribution is 9.10. The van der Waals surface area contributed by atoms with Gasteiger partial charge in [0.05, 0.1) is 0 Å². The molecular formula is C20H17BrClNO4. The van der Waals surface area contributed by atoms with E-state index >= 15 is 0 Å². The number of benzene rings is 1. The van der Waals surface area contributed by atoms with Gasteiger partial charge in [-0.2, -0.15) is 0 Å². The van der Waals surface area contributed by atoms with Crippen LogP contribution >= 0.6 is 27.5 Å². The maximum absolute atomic E-state index is 12.5. The van der Waals surface area contributed by atoms with Gasteiger partial charge in [0.1, 0.15) is 0 Å². The van der Waals surface area contributed by atoms with Gasteiger partial charge in [0.15, 0.2) is 11.3 Å². The quantitative estimate of drug-likeness (QED) is 0.382. The second-order valence-electron chi connectivity index (χ2n) is 6.07. The van der Waals surface area contributed by atoms with Gasteiger partial charge < -0.3 is 13.7 Å². The zero-order valence-electron chi connectivity index (χ0n) is 14.8. The molecule has 0 fully saturated rings. The summed E-state index contributed by atoms with van der Waals surface area (Å²) in [5, 5.41) is 0.677. The van der Waals surface area contributed by atoms with E-state index in [1.807, 2.05) is 42.7 Å². The number of carbonyl (C=O) groups excluding carboxylic acids is 2. The Hall–Kier alpha value is -2.31. The highest BCUT2D eigenvalue weighted by atomic mass is 79.9. The molecule has 0 aliphatic rings. The van der Waals surface area contributed by atoms with Crippen LogP contribution in [-0.4, -0.2) is 22.9 Å². The lowest BCUT2D eigenvalue weighted by Crippen LogP contribution is -2.15. The van der Waals surface area contributed by atoms with Gasteiger partial charge in [-0.3, -0.25) is 4.79 Å². The molecule has 0 radical (unpaired) electrons. The van der Waals surface area contributed by atoms with Gasteiger partial charge in [0, 0.05) is 28.5 Å². The minimum Gasteiger partial charge on any atom is -0.451 e. The van der Waals surface area contributed by atoms with Gasteiger partial charge in [0.25, 0.3) is 0 Å². The number of hydrogen-bond acceptors (Lipinski definition) is 4. The minimum absolute atomic E-state index is 0.0406. The van der Waals surface area contributed by atoms with Crippen molar-refractivity contribution < 1.29 is 18.7 Å². The van der Waals surface area contributed by atoms with Crippen LogP contribution < -0.4 is 0 Å². The van der Waals surface area contributed by atoms with E-state index in [0.29, 0.717) is 21.8 Å². The first-order valence-corrected chi connectivity index (χ1v) is 9.39. The molecule has 0 bridgehead atoms. The number of Topliss-reactive ketones (excluding diaryl/α,β-unsaturated/α-hetero) is 1. The molecule has 3 aromatic rings. The minimum atomic E-state index is -0.682. The summed E-state index contributed by atoms with van der Waals surface area (Å²) in [4.78, 5) is 24.5. The Labute approximate surface area is 170 Å². The number of carbonyl (C=O) groups is 2. The van der Waals surface area contributed by atoms with Crippen LogP contribution in [0.5, 0.6) is 0 Å². The fraction of sp³-hybridized carbons (Fsp3) is 0.200. The summed E-state index contributed by atoms with van der Waals surface area (Å²) in [6, 6.07) is 12.4. The molecule has 0 N–H and O–H groups in total. The van der Waals surface area contributed by atoms with Crippen molar-refractivity contribution in [1.82, 2.24) is 4.57 Å². The summed E-state index contributed by atoms with van der Waals surface area (Å²) < 4.78 is 12.6. The van der Waals surface area contributed by atoms with Crippen LogP contribution in [-0.2, 0) is 11.3 Å². The van der Waals surface area contributed by atoms with Gasteiger partial charge >= 0.3 is 5.97 Å². The molecule has 0 unspecified atom stereocenters. The number of ether oxygens (including phenoxy) is 1. The molecule has 140 valence electrons. The molecule has 3 rings (SSSR count). The van der Waals surface area contributed by atoms with Gasteiger partial charge in [0.2, 0.25) is 11.5 Å². The van der Waals surface area contributed by atoms with E-state index in [1.54, 1.807) is 12.1 Å². The van der Waals surface area contributed by atoms with E-state index in [9.17, 15) is 9.59 Å². The molecule has 0 saturated carbocycles. The maximum atomic E-state index is 12.5. The Bertz CT molecular complexity index is 1010. The first-order valence-electron chi connectivity index (χ1n) is 8.22. The lowest BCUT2D eigenvalue weighted by molar-refractivity contribution is 0.0442. The number of esters is 1. The van der Waals surface area contributed by atoms with E-state index in [1.165, 1.54) is 6.07 Å². The molecule has 5 nitrogen and oxygen atoms in total. The van der Waals surface area contributed by atoms with E-state index in [0.717, 1.165) is 17.0 Å². The van der Waals surface area contributed by atoms with Crippen LogP contribution in [0.1, 0.15) is 37.9 Å². The van der Waals surface area contributed by atoms with Crippen molar-refractivity contribution in [2.24, 2.45) is 0 Å². The lowest BCUT2D eigenvalue weighted by Gasteiger charge is -2.11.